The van der Waals surface area contributed by atoms with Gasteiger partial charge in [0.1, 0.15) is 0 Å². The van der Waals surface area contributed by atoms with Crippen LogP contribution in [-0.4, -0.2) is 62.6 Å². The minimum absolute atomic E-state index is 0.261. The number of benzene rings is 1. The fraction of sp³-hybridized carbons (Fsp3) is 0.368. The van der Waals surface area contributed by atoms with Crippen LogP contribution in [0.4, 0.5) is 8.78 Å². The Hall–Kier alpha value is -2.78. The van der Waals surface area contributed by atoms with Crippen LogP contribution in [0.3, 0.4) is 0 Å². The number of piperazine rings is 1. The van der Waals surface area contributed by atoms with E-state index in [1.807, 2.05) is 0 Å². The van der Waals surface area contributed by atoms with Crippen LogP contribution in [0.15, 0.2) is 41.3 Å². The van der Waals surface area contributed by atoms with Crippen molar-refractivity contribution in [1.29, 1.82) is 0 Å². The molecule has 1 aromatic carbocycles. The summed E-state index contributed by atoms with van der Waals surface area (Å²) in [7, 11) is 0. The molecule has 0 atom stereocenters. The van der Waals surface area contributed by atoms with Gasteiger partial charge in [-0.15, -0.1) is 0 Å². The molecular formula is C19H20F2N6O. The zero-order valence-electron chi connectivity index (χ0n) is 15.3. The third-order valence-electron chi connectivity index (χ3n) is 4.77. The van der Waals surface area contributed by atoms with Crippen molar-refractivity contribution in [2.45, 2.75) is 13.0 Å². The molecule has 0 unspecified atom stereocenters. The molecule has 1 saturated heterocycles. The summed E-state index contributed by atoms with van der Waals surface area (Å²) in [5.74, 6) is -1.10. The molecule has 3 heterocycles. The SMILES string of the molecule is Fc1ccc(-c2noc(CN3CCN(CCc4cnccn4)CC3)n2)cc1F. The van der Waals surface area contributed by atoms with Gasteiger partial charge in [0.2, 0.25) is 11.7 Å². The maximum atomic E-state index is 13.4. The molecule has 0 aliphatic carbocycles. The summed E-state index contributed by atoms with van der Waals surface area (Å²) in [6.07, 6.45) is 6.08. The first kappa shape index (κ1) is 18.6. The second kappa shape index (κ2) is 8.49. The Labute approximate surface area is 161 Å². The Kier molecular flexibility index (Phi) is 5.63. The highest BCUT2D eigenvalue weighted by molar-refractivity contribution is 5.54. The average Bonchev–Trinajstić information content (AvgIpc) is 3.19. The third-order valence-corrected chi connectivity index (χ3v) is 4.77. The van der Waals surface area contributed by atoms with Crippen molar-refractivity contribution in [3.63, 3.8) is 0 Å². The molecule has 9 heteroatoms. The summed E-state index contributed by atoms with van der Waals surface area (Å²) in [4.78, 5) is 17.3. The van der Waals surface area contributed by atoms with Crippen LogP contribution in [0.1, 0.15) is 11.6 Å². The largest absolute Gasteiger partial charge is 0.338 e. The lowest BCUT2D eigenvalue weighted by Gasteiger charge is -2.33. The predicted octanol–water partition coefficient (Wildman–Crippen LogP) is 2.17. The van der Waals surface area contributed by atoms with Crippen LogP contribution < -0.4 is 0 Å². The fourth-order valence-electron chi connectivity index (χ4n) is 3.17. The molecule has 0 radical (unpaired) electrons. The minimum atomic E-state index is -0.929. The van der Waals surface area contributed by atoms with Crippen LogP contribution in [0.5, 0.6) is 0 Å². The molecule has 7 nitrogen and oxygen atoms in total. The lowest BCUT2D eigenvalue weighted by Crippen LogP contribution is -2.46. The summed E-state index contributed by atoms with van der Waals surface area (Å²) in [6, 6.07) is 3.56. The molecule has 0 bridgehead atoms. The summed E-state index contributed by atoms with van der Waals surface area (Å²) in [6.45, 7) is 5.17. The fourth-order valence-corrected chi connectivity index (χ4v) is 3.17. The van der Waals surface area contributed by atoms with Gasteiger partial charge in [-0.05, 0) is 18.2 Å². The predicted molar refractivity (Wildman–Crippen MR) is 97.1 cm³/mol. The van der Waals surface area contributed by atoms with Crippen molar-refractivity contribution in [2.75, 3.05) is 32.7 Å². The molecule has 3 aromatic rings. The first-order valence-corrected chi connectivity index (χ1v) is 9.15. The monoisotopic (exact) mass is 386 g/mol. The van der Waals surface area contributed by atoms with E-state index in [-0.39, 0.29) is 5.82 Å². The Morgan fingerprint density at radius 1 is 1.00 bits per heavy atom. The van der Waals surface area contributed by atoms with Gasteiger partial charge in [0.15, 0.2) is 11.6 Å². The van der Waals surface area contributed by atoms with Crippen LogP contribution >= 0.6 is 0 Å². The molecule has 1 fully saturated rings. The van der Waals surface area contributed by atoms with Crippen molar-refractivity contribution in [3.05, 3.63) is 60.0 Å². The molecule has 28 heavy (non-hydrogen) atoms. The molecule has 4 rings (SSSR count). The Morgan fingerprint density at radius 2 is 1.82 bits per heavy atom. The van der Waals surface area contributed by atoms with Crippen molar-refractivity contribution in [2.24, 2.45) is 0 Å². The molecule has 146 valence electrons. The van der Waals surface area contributed by atoms with Crippen molar-refractivity contribution in [1.82, 2.24) is 29.9 Å². The molecule has 0 N–H and O–H groups in total. The second-order valence-corrected chi connectivity index (χ2v) is 6.71. The van der Waals surface area contributed by atoms with E-state index in [0.717, 1.165) is 57.0 Å². The minimum Gasteiger partial charge on any atom is -0.338 e. The van der Waals surface area contributed by atoms with Crippen LogP contribution in [-0.2, 0) is 13.0 Å². The number of hydrogen-bond acceptors (Lipinski definition) is 7. The van der Waals surface area contributed by atoms with E-state index in [1.54, 1.807) is 18.6 Å². The molecule has 2 aromatic heterocycles. The molecule has 1 aliphatic rings. The molecule has 0 spiro atoms. The summed E-state index contributed by atoms with van der Waals surface area (Å²) < 4.78 is 31.7. The number of nitrogens with zero attached hydrogens (tertiary/aromatic N) is 6. The van der Waals surface area contributed by atoms with Crippen molar-refractivity contribution >= 4 is 0 Å². The van der Waals surface area contributed by atoms with E-state index < -0.39 is 11.6 Å². The van der Waals surface area contributed by atoms with E-state index in [4.69, 9.17) is 4.52 Å². The summed E-state index contributed by atoms with van der Waals surface area (Å²) in [5, 5.41) is 3.88. The molecular weight excluding hydrogens is 366 g/mol. The zero-order valence-corrected chi connectivity index (χ0v) is 15.3. The maximum Gasteiger partial charge on any atom is 0.241 e. The highest BCUT2D eigenvalue weighted by Crippen LogP contribution is 2.19. The average molecular weight is 386 g/mol. The second-order valence-electron chi connectivity index (χ2n) is 6.71. The van der Waals surface area contributed by atoms with Crippen molar-refractivity contribution in [3.8, 4) is 11.4 Å². The van der Waals surface area contributed by atoms with Crippen LogP contribution in [0.25, 0.3) is 11.4 Å². The van der Waals surface area contributed by atoms with Crippen LogP contribution in [0, 0.1) is 11.6 Å². The quantitative estimate of drug-likeness (QED) is 0.643. The molecule has 0 saturated carbocycles. The van der Waals surface area contributed by atoms with Gasteiger partial charge >= 0.3 is 0 Å². The Bertz CT molecular complexity index is 912. The number of aromatic nitrogens is 4. The number of halogens is 2. The van der Waals surface area contributed by atoms with E-state index in [2.05, 4.69) is 29.9 Å². The molecule has 0 amide bonds. The summed E-state index contributed by atoms with van der Waals surface area (Å²) >= 11 is 0. The number of rotatable bonds is 6. The van der Waals surface area contributed by atoms with Gasteiger partial charge < -0.3 is 9.42 Å². The lowest BCUT2D eigenvalue weighted by molar-refractivity contribution is 0.117. The first-order valence-electron chi connectivity index (χ1n) is 9.15. The Balaban J connectivity index is 1.27. The van der Waals surface area contributed by atoms with Crippen LogP contribution in [0.2, 0.25) is 0 Å². The summed E-state index contributed by atoms with van der Waals surface area (Å²) in [5.41, 5.74) is 1.39. The zero-order chi connectivity index (χ0) is 19.3. The number of hydrogen-bond donors (Lipinski definition) is 0. The van der Waals surface area contributed by atoms with Gasteiger partial charge in [-0.25, -0.2) is 8.78 Å². The van der Waals surface area contributed by atoms with Gasteiger partial charge in [0.25, 0.3) is 0 Å². The van der Waals surface area contributed by atoms with Gasteiger partial charge in [0, 0.05) is 63.3 Å². The standard InChI is InChI=1S/C19H20F2N6O/c20-16-2-1-14(11-17(16)21)19-24-18(28-25-19)13-27-9-7-26(8-10-27)6-3-15-12-22-4-5-23-15/h1-2,4-5,11-12H,3,6-10,13H2. The van der Waals surface area contributed by atoms with Crippen molar-refractivity contribution < 1.29 is 13.3 Å². The smallest absolute Gasteiger partial charge is 0.241 e. The van der Waals surface area contributed by atoms with Gasteiger partial charge in [0.05, 0.1) is 12.2 Å². The lowest BCUT2D eigenvalue weighted by atomic mass is 10.2. The highest BCUT2D eigenvalue weighted by Gasteiger charge is 2.19. The van der Waals surface area contributed by atoms with Gasteiger partial charge in [-0.2, -0.15) is 4.98 Å². The normalized spacial score (nSPS) is 15.8. The molecule has 1 aliphatic heterocycles. The van der Waals surface area contributed by atoms with E-state index in [0.29, 0.717) is 18.0 Å². The Morgan fingerprint density at radius 3 is 2.57 bits per heavy atom. The van der Waals surface area contributed by atoms with E-state index in [1.165, 1.54) is 6.07 Å². The maximum absolute atomic E-state index is 13.4. The topological polar surface area (TPSA) is 71.2 Å². The van der Waals surface area contributed by atoms with Gasteiger partial charge in [-0.1, -0.05) is 5.16 Å². The van der Waals surface area contributed by atoms with E-state index >= 15 is 0 Å². The first-order chi connectivity index (χ1) is 13.7. The third kappa shape index (κ3) is 4.55. The van der Waals surface area contributed by atoms with Gasteiger partial charge in [-0.3, -0.25) is 14.9 Å². The van der Waals surface area contributed by atoms with E-state index in [9.17, 15) is 8.78 Å². The highest BCUT2D eigenvalue weighted by atomic mass is 19.2.